The summed E-state index contributed by atoms with van der Waals surface area (Å²) in [7, 11) is 0. The van der Waals surface area contributed by atoms with Crippen LogP contribution in [0.2, 0.25) is 0 Å². The predicted octanol–water partition coefficient (Wildman–Crippen LogP) is 1.74. The van der Waals surface area contributed by atoms with Crippen molar-refractivity contribution in [1.82, 2.24) is 4.57 Å². The van der Waals surface area contributed by atoms with Crippen LogP contribution in [0, 0.1) is 5.82 Å². The van der Waals surface area contributed by atoms with Crippen molar-refractivity contribution >= 4 is 22.9 Å². The van der Waals surface area contributed by atoms with Crippen LogP contribution in [-0.2, 0) is 4.79 Å². The zero-order valence-electron chi connectivity index (χ0n) is 19.0. The van der Waals surface area contributed by atoms with Crippen LogP contribution in [-0.4, -0.2) is 38.1 Å². The van der Waals surface area contributed by atoms with Crippen LogP contribution >= 0.6 is 0 Å². The molecule has 2 unspecified atom stereocenters. The predicted molar refractivity (Wildman–Crippen MR) is 117 cm³/mol. The number of halogens is 1. The minimum absolute atomic E-state index is 0. The number of carboxylic acid groups (broad SMARTS) is 1. The van der Waals surface area contributed by atoms with Crippen molar-refractivity contribution < 1.29 is 55.5 Å². The molecular weight excluding hydrogens is 408 g/mol. The van der Waals surface area contributed by atoms with Gasteiger partial charge in [0.15, 0.2) is 0 Å². The molecule has 160 valence electrons. The summed E-state index contributed by atoms with van der Waals surface area (Å²) < 4.78 is 15.6. The van der Waals surface area contributed by atoms with Crippen molar-refractivity contribution in [3.05, 3.63) is 66.1 Å². The van der Waals surface area contributed by atoms with E-state index in [9.17, 15) is 19.4 Å². The van der Waals surface area contributed by atoms with Crippen LogP contribution in [0.1, 0.15) is 39.9 Å². The molecule has 2 aromatic carbocycles. The molecule has 2 atom stereocenters. The molecule has 0 radical (unpaired) electrons. The van der Waals surface area contributed by atoms with Gasteiger partial charge in [0, 0.05) is 34.6 Å². The molecule has 0 spiro atoms. The van der Waals surface area contributed by atoms with Gasteiger partial charge in [-0.25, -0.2) is 4.39 Å². The van der Waals surface area contributed by atoms with Crippen molar-refractivity contribution in [2.45, 2.75) is 44.9 Å². The topological polar surface area (TPSA) is 82.7 Å². The molecule has 5 nitrogen and oxygen atoms in total. The third kappa shape index (κ3) is 6.05. The van der Waals surface area contributed by atoms with Crippen molar-refractivity contribution in [3.8, 4) is 11.1 Å². The molecule has 0 bridgehead atoms. The van der Waals surface area contributed by atoms with E-state index in [-0.39, 0.29) is 49.3 Å². The molecule has 0 aliphatic heterocycles. The Morgan fingerprint density at radius 3 is 2.39 bits per heavy atom. The first-order valence-corrected chi connectivity index (χ1v) is 9.93. The molecule has 0 aliphatic carbocycles. The van der Waals surface area contributed by atoms with E-state index in [0.717, 1.165) is 27.7 Å². The number of hydrogen-bond acceptors (Lipinski definition) is 3. The summed E-state index contributed by atoms with van der Waals surface area (Å²) in [6, 6.07) is 14.4. The molecule has 31 heavy (non-hydrogen) atoms. The number of aliphatic hydroxyl groups is 2. The molecule has 0 aliphatic rings. The largest absolute Gasteiger partial charge is 1.00 e. The Bertz CT molecular complexity index is 1070. The summed E-state index contributed by atoms with van der Waals surface area (Å²) in [6.07, 6.45) is 0.727. The molecule has 3 N–H and O–H groups in total. The minimum Gasteiger partial charge on any atom is -1.00 e. The maximum absolute atomic E-state index is 13.5. The van der Waals surface area contributed by atoms with E-state index in [4.69, 9.17) is 5.11 Å². The zero-order valence-corrected chi connectivity index (χ0v) is 20.0. The summed E-state index contributed by atoms with van der Waals surface area (Å²) in [5.41, 5.74) is 3.65. The minimum atomic E-state index is -1.13. The van der Waals surface area contributed by atoms with Crippen LogP contribution in [0.4, 0.5) is 4.39 Å². The van der Waals surface area contributed by atoms with E-state index in [1.54, 1.807) is 24.3 Å². The van der Waals surface area contributed by atoms with Gasteiger partial charge in [-0.3, -0.25) is 4.79 Å². The number of nitrogens with zero attached hydrogens (tertiary/aromatic N) is 1. The fourth-order valence-corrected chi connectivity index (χ4v) is 3.77. The number of rotatable bonds is 8. The Labute approximate surface area is 204 Å². The fraction of sp³-hybridized carbons (Fsp3) is 0.292. The molecule has 0 amide bonds. The maximum atomic E-state index is 13.5. The molecule has 3 aromatic rings. The third-order valence-corrected chi connectivity index (χ3v) is 5.00. The van der Waals surface area contributed by atoms with Crippen molar-refractivity contribution in [1.29, 1.82) is 0 Å². The van der Waals surface area contributed by atoms with E-state index in [1.165, 1.54) is 12.1 Å². The van der Waals surface area contributed by atoms with Gasteiger partial charge in [0.05, 0.1) is 18.6 Å². The number of aliphatic hydroxyl groups excluding tert-OH is 2. The Morgan fingerprint density at radius 2 is 1.77 bits per heavy atom. The standard InChI is InChI=1S/C24H26FNO4.Na.H/c1-15(2)26-21-6-4-3-5-20(21)24(16-7-9-17(25)10-8-16)22(26)12-11-18(27)13-19(28)14-23(29)30;;/h3-12,15,18-19,27-28H,13-14H2,1-2H3,(H,29,30);;/q;+1;-1. The number of hydrogen-bond donors (Lipinski definition) is 3. The molecule has 0 saturated carbocycles. The first-order valence-electron chi connectivity index (χ1n) is 9.93. The van der Waals surface area contributed by atoms with E-state index in [1.807, 2.05) is 24.3 Å². The van der Waals surface area contributed by atoms with E-state index in [2.05, 4.69) is 18.4 Å². The third-order valence-electron chi connectivity index (χ3n) is 5.00. The molecule has 0 fully saturated rings. The fourth-order valence-electron chi connectivity index (χ4n) is 3.77. The number of aliphatic carboxylic acids is 1. The second-order valence-electron chi connectivity index (χ2n) is 7.66. The Balaban J connectivity index is 0.00000256. The monoisotopic (exact) mass is 435 g/mol. The average molecular weight is 435 g/mol. The molecular formula is C24H27FNNaO4. The summed E-state index contributed by atoms with van der Waals surface area (Å²) in [5.74, 6) is -1.43. The van der Waals surface area contributed by atoms with Crippen molar-refractivity contribution in [2.75, 3.05) is 0 Å². The number of aromatic nitrogens is 1. The maximum Gasteiger partial charge on any atom is 1.00 e. The summed E-state index contributed by atoms with van der Waals surface area (Å²) in [6.45, 7) is 4.12. The van der Waals surface area contributed by atoms with E-state index < -0.39 is 24.6 Å². The van der Waals surface area contributed by atoms with E-state index >= 15 is 0 Å². The van der Waals surface area contributed by atoms with Gasteiger partial charge in [-0.05, 0) is 43.7 Å². The van der Waals surface area contributed by atoms with Crippen LogP contribution in [0.25, 0.3) is 28.1 Å². The molecule has 0 saturated heterocycles. The van der Waals surface area contributed by atoms with Crippen molar-refractivity contribution in [3.63, 3.8) is 0 Å². The van der Waals surface area contributed by atoms with Crippen LogP contribution in [0.15, 0.2) is 54.6 Å². The quantitative estimate of drug-likeness (QED) is 0.471. The second-order valence-corrected chi connectivity index (χ2v) is 7.66. The summed E-state index contributed by atoms with van der Waals surface area (Å²) in [4.78, 5) is 10.7. The van der Waals surface area contributed by atoms with Gasteiger partial charge in [0.1, 0.15) is 5.82 Å². The number of benzene rings is 2. The summed E-state index contributed by atoms with van der Waals surface area (Å²) in [5, 5.41) is 29.9. The van der Waals surface area contributed by atoms with Gasteiger partial charge in [-0.2, -0.15) is 0 Å². The first-order chi connectivity index (χ1) is 14.3. The van der Waals surface area contributed by atoms with Gasteiger partial charge in [-0.15, -0.1) is 0 Å². The van der Waals surface area contributed by atoms with Gasteiger partial charge >= 0.3 is 35.5 Å². The molecule has 7 heteroatoms. The molecule has 3 rings (SSSR count). The second kappa shape index (κ2) is 11.1. The first kappa shape index (κ1) is 25.3. The van der Waals surface area contributed by atoms with Gasteiger partial charge in [0.25, 0.3) is 0 Å². The van der Waals surface area contributed by atoms with Gasteiger partial charge < -0.3 is 21.3 Å². The molecule has 1 heterocycles. The van der Waals surface area contributed by atoms with Gasteiger partial charge in [-0.1, -0.05) is 36.4 Å². The Kier molecular flexibility index (Phi) is 9.03. The van der Waals surface area contributed by atoms with Gasteiger partial charge in [0.2, 0.25) is 0 Å². The average Bonchev–Trinajstić information content (AvgIpc) is 3.00. The number of carbonyl (C=O) groups is 1. The van der Waals surface area contributed by atoms with Crippen LogP contribution in [0.3, 0.4) is 0 Å². The zero-order chi connectivity index (χ0) is 21.8. The summed E-state index contributed by atoms with van der Waals surface area (Å²) >= 11 is 0. The Morgan fingerprint density at radius 1 is 1.13 bits per heavy atom. The van der Waals surface area contributed by atoms with Crippen LogP contribution < -0.4 is 29.6 Å². The number of para-hydroxylation sites is 1. The van der Waals surface area contributed by atoms with E-state index in [0.29, 0.717) is 0 Å². The number of fused-ring (bicyclic) bond motifs is 1. The number of carboxylic acids is 1. The van der Waals surface area contributed by atoms with Crippen LogP contribution in [0.5, 0.6) is 0 Å². The SMILES string of the molecule is CC(C)n1c(C=CC(O)CC(O)CC(=O)O)c(-c2ccc(F)cc2)c2ccccc21.[H-].[Na+]. The molecule has 1 aromatic heterocycles. The smallest absolute Gasteiger partial charge is 1.00 e. The van der Waals surface area contributed by atoms with Crippen molar-refractivity contribution in [2.24, 2.45) is 0 Å². The normalized spacial score (nSPS) is 13.5. The Hall–Kier alpha value is -1.96.